The van der Waals surface area contributed by atoms with Gasteiger partial charge in [-0.3, -0.25) is 4.79 Å². The predicted molar refractivity (Wildman–Crippen MR) is 87.2 cm³/mol. The molecule has 1 amide bonds. The fraction of sp³-hybridized carbons (Fsp3) is 0.556. The first-order chi connectivity index (χ1) is 11.1. The Morgan fingerprint density at radius 2 is 1.83 bits per heavy atom. The van der Waals surface area contributed by atoms with E-state index in [4.69, 9.17) is 9.47 Å². The van der Waals surface area contributed by atoms with Crippen LogP contribution in [0, 0.1) is 5.92 Å². The highest BCUT2D eigenvalue weighted by atomic mass is 16.5. The summed E-state index contributed by atoms with van der Waals surface area (Å²) < 4.78 is 9.94. The van der Waals surface area contributed by atoms with E-state index >= 15 is 0 Å². The Kier molecular flexibility index (Phi) is 6.44. The van der Waals surface area contributed by atoms with Gasteiger partial charge in [-0.2, -0.15) is 0 Å². The number of rotatable bonds is 7. The van der Waals surface area contributed by atoms with Gasteiger partial charge in [0.2, 0.25) is 5.91 Å². The van der Waals surface area contributed by atoms with Crippen LogP contribution in [0.2, 0.25) is 0 Å². The zero-order valence-corrected chi connectivity index (χ0v) is 13.8. The van der Waals surface area contributed by atoms with Crippen molar-refractivity contribution < 1.29 is 19.1 Å². The van der Waals surface area contributed by atoms with Gasteiger partial charge in [-0.25, -0.2) is 4.79 Å². The van der Waals surface area contributed by atoms with Crippen LogP contribution in [0.4, 0.5) is 0 Å². The van der Waals surface area contributed by atoms with E-state index in [-0.39, 0.29) is 5.91 Å². The number of hydrogen-bond acceptors (Lipinski definition) is 4. The molecule has 1 aromatic carbocycles. The number of ether oxygens (including phenoxy) is 2. The normalized spacial score (nSPS) is 15.9. The second kappa shape index (κ2) is 8.56. The van der Waals surface area contributed by atoms with Gasteiger partial charge in [0.05, 0.1) is 14.2 Å². The Labute approximate surface area is 137 Å². The number of carbonyl (C=O) groups is 2. The van der Waals surface area contributed by atoms with Crippen LogP contribution in [0.5, 0.6) is 5.75 Å². The largest absolute Gasteiger partial charge is 0.497 e. The standard InChI is InChI=1S/C18H25NO4/c1-22-15-9-7-14(8-10-15)11-16(18(21)23-2)19-17(20)12-13-5-3-4-6-13/h7-10,13,16H,3-6,11-12H2,1-2H3,(H,19,20)/t16-/m1/s1. The molecule has 126 valence electrons. The molecule has 0 aromatic heterocycles. The van der Waals surface area contributed by atoms with Crippen LogP contribution in [-0.4, -0.2) is 32.1 Å². The van der Waals surface area contributed by atoms with Gasteiger partial charge in [0.25, 0.3) is 0 Å². The first kappa shape index (κ1) is 17.3. The molecule has 1 aliphatic carbocycles. The van der Waals surface area contributed by atoms with Gasteiger partial charge in [0, 0.05) is 12.8 Å². The van der Waals surface area contributed by atoms with E-state index in [9.17, 15) is 9.59 Å². The van der Waals surface area contributed by atoms with Crippen LogP contribution in [-0.2, 0) is 20.7 Å². The van der Waals surface area contributed by atoms with Gasteiger partial charge >= 0.3 is 5.97 Å². The molecule has 0 radical (unpaired) electrons. The van der Waals surface area contributed by atoms with Crippen molar-refractivity contribution in [1.29, 1.82) is 0 Å². The fourth-order valence-electron chi connectivity index (χ4n) is 3.06. The first-order valence-electron chi connectivity index (χ1n) is 8.12. The van der Waals surface area contributed by atoms with E-state index in [1.54, 1.807) is 7.11 Å². The first-order valence-corrected chi connectivity index (χ1v) is 8.12. The highest BCUT2D eigenvalue weighted by Crippen LogP contribution is 2.27. The lowest BCUT2D eigenvalue weighted by Crippen LogP contribution is -2.43. The van der Waals surface area contributed by atoms with Crippen molar-refractivity contribution >= 4 is 11.9 Å². The lowest BCUT2D eigenvalue weighted by atomic mass is 10.0. The average molecular weight is 319 g/mol. The molecule has 0 unspecified atom stereocenters. The Balaban J connectivity index is 1.95. The van der Waals surface area contributed by atoms with Gasteiger partial charge in [-0.15, -0.1) is 0 Å². The molecule has 5 heteroatoms. The third-order valence-electron chi connectivity index (χ3n) is 4.37. The number of carbonyl (C=O) groups excluding carboxylic acids is 2. The van der Waals surface area contributed by atoms with Crippen molar-refractivity contribution in [2.45, 2.75) is 44.6 Å². The predicted octanol–water partition coefficient (Wildman–Crippen LogP) is 2.48. The molecule has 2 rings (SSSR count). The summed E-state index contributed by atoms with van der Waals surface area (Å²) in [5.41, 5.74) is 0.947. The van der Waals surface area contributed by atoms with E-state index in [1.807, 2.05) is 24.3 Å². The average Bonchev–Trinajstić information content (AvgIpc) is 3.07. The maximum Gasteiger partial charge on any atom is 0.328 e. The molecule has 23 heavy (non-hydrogen) atoms. The number of nitrogens with one attached hydrogen (secondary N) is 1. The molecule has 1 aliphatic rings. The highest BCUT2D eigenvalue weighted by molar-refractivity contribution is 5.84. The molecular formula is C18H25NO4. The summed E-state index contributed by atoms with van der Waals surface area (Å²) in [6.45, 7) is 0. The SMILES string of the molecule is COC(=O)[C@@H](Cc1ccc(OC)cc1)NC(=O)CC1CCCC1. The minimum Gasteiger partial charge on any atom is -0.497 e. The zero-order valence-electron chi connectivity index (χ0n) is 13.8. The maximum absolute atomic E-state index is 12.2. The molecule has 1 aromatic rings. The summed E-state index contributed by atoms with van der Waals surface area (Å²) in [6, 6.07) is 6.80. The minimum atomic E-state index is -0.651. The lowest BCUT2D eigenvalue weighted by molar-refractivity contribution is -0.145. The lowest BCUT2D eigenvalue weighted by Gasteiger charge is -2.18. The van der Waals surface area contributed by atoms with Gasteiger partial charge < -0.3 is 14.8 Å². The molecule has 0 spiro atoms. The van der Waals surface area contributed by atoms with Crippen molar-refractivity contribution in [2.75, 3.05) is 14.2 Å². The number of amides is 1. The van der Waals surface area contributed by atoms with Crippen LogP contribution < -0.4 is 10.1 Å². The third kappa shape index (κ3) is 5.27. The molecule has 1 atom stereocenters. The number of benzene rings is 1. The highest BCUT2D eigenvalue weighted by Gasteiger charge is 2.24. The van der Waals surface area contributed by atoms with E-state index in [0.717, 1.165) is 24.2 Å². The fourth-order valence-corrected chi connectivity index (χ4v) is 3.06. The summed E-state index contributed by atoms with van der Waals surface area (Å²) in [5, 5.41) is 2.83. The quantitative estimate of drug-likeness (QED) is 0.784. The summed E-state index contributed by atoms with van der Waals surface area (Å²) in [5.74, 6) is 0.726. The Bertz CT molecular complexity index is 520. The van der Waals surface area contributed by atoms with Gasteiger partial charge in [0.15, 0.2) is 0 Å². The van der Waals surface area contributed by atoms with Gasteiger partial charge in [-0.05, 0) is 36.5 Å². The summed E-state index contributed by atoms with van der Waals surface area (Å²) in [4.78, 5) is 24.1. The zero-order chi connectivity index (χ0) is 16.7. The Morgan fingerprint density at radius 3 is 2.39 bits per heavy atom. The van der Waals surface area contributed by atoms with Crippen molar-refractivity contribution in [1.82, 2.24) is 5.32 Å². The van der Waals surface area contributed by atoms with Crippen molar-refractivity contribution in [3.63, 3.8) is 0 Å². The van der Waals surface area contributed by atoms with Gasteiger partial charge in [-0.1, -0.05) is 25.0 Å². The second-order valence-electron chi connectivity index (χ2n) is 6.05. The second-order valence-corrected chi connectivity index (χ2v) is 6.05. The number of methoxy groups -OCH3 is 2. The summed E-state index contributed by atoms with van der Waals surface area (Å²) in [7, 11) is 2.95. The third-order valence-corrected chi connectivity index (χ3v) is 4.37. The van der Waals surface area contributed by atoms with Crippen molar-refractivity contribution in [2.24, 2.45) is 5.92 Å². The molecule has 0 heterocycles. The minimum absolute atomic E-state index is 0.0687. The Hall–Kier alpha value is -2.04. The van der Waals surface area contributed by atoms with E-state index < -0.39 is 12.0 Å². The molecule has 5 nitrogen and oxygen atoms in total. The van der Waals surface area contributed by atoms with Crippen LogP contribution in [0.3, 0.4) is 0 Å². The Morgan fingerprint density at radius 1 is 1.17 bits per heavy atom. The van der Waals surface area contributed by atoms with Crippen LogP contribution in [0.25, 0.3) is 0 Å². The summed E-state index contributed by atoms with van der Waals surface area (Å²) >= 11 is 0. The molecule has 0 bridgehead atoms. The van der Waals surface area contributed by atoms with Gasteiger partial charge in [0.1, 0.15) is 11.8 Å². The molecule has 0 aliphatic heterocycles. The molecule has 0 saturated heterocycles. The van der Waals surface area contributed by atoms with Crippen LogP contribution >= 0.6 is 0 Å². The van der Waals surface area contributed by atoms with Crippen molar-refractivity contribution in [3.8, 4) is 5.75 Å². The smallest absolute Gasteiger partial charge is 0.328 e. The van der Waals surface area contributed by atoms with Crippen molar-refractivity contribution in [3.05, 3.63) is 29.8 Å². The van der Waals surface area contributed by atoms with Crippen LogP contribution in [0.15, 0.2) is 24.3 Å². The molecular weight excluding hydrogens is 294 g/mol. The van der Waals surface area contributed by atoms with E-state index in [0.29, 0.717) is 18.8 Å². The number of hydrogen-bond donors (Lipinski definition) is 1. The summed E-state index contributed by atoms with van der Waals surface area (Å²) in [6.07, 6.45) is 5.52. The maximum atomic E-state index is 12.2. The van der Waals surface area contributed by atoms with E-state index in [2.05, 4.69) is 5.32 Å². The number of esters is 1. The molecule has 1 fully saturated rings. The van der Waals surface area contributed by atoms with E-state index in [1.165, 1.54) is 20.0 Å². The molecule has 1 saturated carbocycles. The topological polar surface area (TPSA) is 64.6 Å². The molecule has 1 N–H and O–H groups in total. The van der Waals surface area contributed by atoms with Crippen LogP contribution in [0.1, 0.15) is 37.7 Å². The monoisotopic (exact) mass is 319 g/mol.